The summed E-state index contributed by atoms with van der Waals surface area (Å²) in [6, 6.07) is 15.2. The van der Waals surface area contributed by atoms with Crippen LogP contribution in [-0.2, 0) is 9.53 Å². The maximum Gasteiger partial charge on any atom is 0.407 e. The molecule has 0 radical (unpaired) electrons. The molecule has 0 fully saturated rings. The van der Waals surface area contributed by atoms with Crippen molar-refractivity contribution in [3.8, 4) is 11.1 Å². The van der Waals surface area contributed by atoms with Crippen LogP contribution in [-0.4, -0.2) is 41.3 Å². The van der Waals surface area contributed by atoms with Crippen LogP contribution < -0.4 is 5.32 Å². The summed E-state index contributed by atoms with van der Waals surface area (Å²) in [4.78, 5) is 23.9. The van der Waals surface area contributed by atoms with E-state index in [2.05, 4.69) is 24.0 Å². The van der Waals surface area contributed by atoms with Crippen LogP contribution in [0.3, 0.4) is 0 Å². The molecule has 1 amide bonds. The standard InChI is InChI=1S/C25H29NO4S/c1-2-3-4-5-10-15-31-17-23(24(27)28)26-25(29)30-16-22-20-13-8-6-11-18(20)19-12-7-9-14-21(19)22/h2,6-9,11-14,22-23H,1,3-5,10,15-17H2,(H,26,29)(H,27,28). The summed E-state index contributed by atoms with van der Waals surface area (Å²) in [5.74, 6) is 0.0907. The molecule has 0 aromatic heterocycles. The largest absolute Gasteiger partial charge is 0.480 e. The molecule has 1 atom stereocenters. The number of benzene rings is 2. The third-order valence-electron chi connectivity index (χ3n) is 5.42. The first-order valence-corrected chi connectivity index (χ1v) is 11.8. The molecule has 3 rings (SSSR count). The van der Waals surface area contributed by atoms with E-state index >= 15 is 0 Å². The van der Waals surface area contributed by atoms with Gasteiger partial charge in [-0.05, 0) is 47.3 Å². The summed E-state index contributed by atoms with van der Waals surface area (Å²) in [7, 11) is 0. The van der Waals surface area contributed by atoms with Crippen molar-refractivity contribution in [3.63, 3.8) is 0 Å². The summed E-state index contributed by atoms with van der Waals surface area (Å²) in [6.07, 6.45) is 5.44. The number of allylic oxidation sites excluding steroid dienone is 1. The molecule has 0 heterocycles. The third kappa shape index (κ3) is 6.14. The van der Waals surface area contributed by atoms with Crippen LogP contribution in [0.5, 0.6) is 0 Å². The number of ether oxygens (including phenoxy) is 1. The second-order valence-corrected chi connectivity index (χ2v) is 8.72. The van der Waals surface area contributed by atoms with Gasteiger partial charge in [0.25, 0.3) is 0 Å². The Balaban J connectivity index is 1.49. The van der Waals surface area contributed by atoms with Crippen molar-refractivity contribution in [2.75, 3.05) is 18.1 Å². The van der Waals surface area contributed by atoms with Gasteiger partial charge in [-0.2, -0.15) is 11.8 Å². The fraction of sp³-hybridized carbons (Fsp3) is 0.360. The Morgan fingerprint density at radius 1 is 1.06 bits per heavy atom. The second kappa shape index (κ2) is 11.6. The molecule has 0 bridgehead atoms. The molecule has 0 aliphatic heterocycles. The zero-order valence-corrected chi connectivity index (χ0v) is 18.4. The highest BCUT2D eigenvalue weighted by molar-refractivity contribution is 7.99. The fourth-order valence-corrected chi connectivity index (χ4v) is 4.86. The molecule has 2 aromatic rings. The van der Waals surface area contributed by atoms with E-state index in [1.807, 2.05) is 42.5 Å². The lowest BCUT2D eigenvalue weighted by Crippen LogP contribution is -2.43. The van der Waals surface area contributed by atoms with Crippen molar-refractivity contribution in [1.29, 1.82) is 0 Å². The van der Waals surface area contributed by atoms with Crippen LogP contribution in [0, 0.1) is 0 Å². The minimum atomic E-state index is -1.05. The molecule has 0 saturated heterocycles. The normalized spacial score (nSPS) is 13.2. The smallest absolute Gasteiger partial charge is 0.407 e. The maximum atomic E-state index is 12.3. The Morgan fingerprint density at radius 2 is 1.71 bits per heavy atom. The van der Waals surface area contributed by atoms with Gasteiger partial charge >= 0.3 is 12.1 Å². The highest BCUT2D eigenvalue weighted by atomic mass is 32.2. The van der Waals surface area contributed by atoms with Crippen LogP contribution in [0.25, 0.3) is 11.1 Å². The van der Waals surface area contributed by atoms with Gasteiger partial charge in [0, 0.05) is 11.7 Å². The van der Waals surface area contributed by atoms with Crippen LogP contribution in [0.15, 0.2) is 61.2 Å². The van der Waals surface area contributed by atoms with Gasteiger partial charge < -0.3 is 15.2 Å². The monoisotopic (exact) mass is 439 g/mol. The Kier molecular flexibility index (Phi) is 8.59. The zero-order valence-electron chi connectivity index (χ0n) is 17.6. The third-order valence-corrected chi connectivity index (χ3v) is 6.56. The molecular weight excluding hydrogens is 410 g/mol. The summed E-state index contributed by atoms with van der Waals surface area (Å²) >= 11 is 1.54. The van der Waals surface area contributed by atoms with Gasteiger partial charge in [0.1, 0.15) is 12.6 Å². The number of aliphatic carboxylic acids is 1. The number of amides is 1. The molecule has 6 heteroatoms. The van der Waals surface area contributed by atoms with E-state index in [1.54, 1.807) is 0 Å². The molecule has 1 aliphatic rings. The Bertz CT molecular complexity index is 868. The molecule has 0 spiro atoms. The number of alkyl carbamates (subject to hydrolysis) is 1. The van der Waals surface area contributed by atoms with Crippen LogP contribution in [0.2, 0.25) is 0 Å². The van der Waals surface area contributed by atoms with E-state index in [4.69, 9.17) is 4.74 Å². The van der Waals surface area contributed by atoms with Crippen molar-refractivity contribution in [3.05, 3.63) is 72.3 Å². The second-order valence-electron chi connectivity index (χ2n) is 7.57. The summed E-state index contributed by atoms with van der Waals surface area (Å²) in [5.41, 5.74) is 4.55. The quantitative estimate of drug-likeness (QED) is 0.339. The minimum absolute atomic E-state index is 0.0497. The maximum absolute atomic E-state index is 12.3. The highest BCUT2D eigenvalue weighted by Gasteiger charge is 2.29. The minimum Gasteiger partial charge on any atom is -0.480 e. The molecule has 164 valence electrons. The number of hydrogen-bond donors (Lipinski definition) is 2. The number of hydrogen-bond acceptors (Lipinski definition) is 4. The lowest BCUT2D eigenvalue weighted by atomic mass is 9.98. The predicted octanol–water partition coefficient (Wildman–Crippen LogP) is 5.46. The van der Waals surface area contributed by atoms with Gasteiger partial charge in [0.05, 0.1) is 0 Å². The van der Waals surface area contributed by atoms with Crippen molar-refractivity contribution in [2.24, 2.45) is 0 Å². The summed E-state index contributed by atoms with van der Waals surface area (Å²) in [5, 5.41) is 11.9. The zero-order chi connectivity index (χ0) is 22.1. The topological polar surface area (TPSA) is 75.6 Å². The predicted molar refractivity (Wildman–Crippen MR) is 126 cm³/mol. The lowest BCUT2D eigenvalue weighted by Gasteiger charge is -2.17. The van der Waals surface area contributed by atoms with Crippen molar-refractivity contribution in [1.82, 2.24) is 5.32 Å². The molecule has 31 heavy (non-hydrogen) atoms. The van der Waals surface area contributed by atoms with Crippen LogP contribution >= 0.6 is 11.8 Å². The number of carbonyl (C=O) groups excluding carboxylic acids is 1. The average Bonchev–Trinajstić information content (AvgIpc) is 3.10. The SMILES string of the molecule is C=CCCCCCSCC(NC(=O)OCC1c2ccccc2-c2ccccc21)C(=O)O. The van der Waals surface area contributed by atoms with E-state index in [-0.39, 0.29) is 12.5 Å². The molecule has 1 aliphatic carbocycles. The molecule has 2 aromatic carbocycles. The van der Waals surface area contributed by atoms with Gasteiger partial charge in [0.2, 0.25) is 0 Å². The molecule has 5 nitrogen and oxygen atoms in total. The van der Waals surface area contributed by atoms with Crippen LogP contribution in [0.1, 0.15) is 42.7 Å². The Morgan fingerprint density at radius 3 is 2.32 bits per heavy atom. The number of rotatable bonds is 12. The number of nitrogens with one attached hydrogen (secondary N) is 1. The number of fused-ring (bicyclic) bond motifs is 3. The number of unbranched alkanes of at least 4 members (excludes halogenated alkanes) is 3. The number of thioether (sulfide) groups is 1. The van der Waals surface area contributed by atoms with Crippen molar-refractivity contribution < 1.29 is 19.4 Å². The Hall–Kier alpha value is -2.73. The van der Waals surface area contributed by atoms with E-state index in [9.17, 15) is 14.7 Å². The van der Waals surface area contributed by atoms with E-state index < -0.39 is 18.1 Å². The summed E-state index contributed by atoms with van der Waals surface area (Å²) in [6.45, 7) is 3.87. The molecule has 2 N–H and O–H groups in total. The lowest BCUT2D eigenvalue weighted by molar-refractivity contribution is -0.138. The van der Waals surface area contributed by atoms with Gasteiger partial charge in [0.15, 0.2) is 0 Å². The highest BCUT2D eigenvalue weighted by Crippen LogP contribution is 2.44. The molecule has 1 unspecified atom stereocenters. The van der Waals surface area contributed by atoms with Gasteiger partial charge in [-0.25, -0.2) is 9.59 Å². The first kappa shape index (κ1) is 22.9. The van der Waals surface area contributed by atoms with Gasteiger partial charge in [-0.15, -0.1) is 6.58 Å². The molecule has 0 saturated carbocycles. The number of carboxylic acids is 1. The van der Waals surface area contributed by atoms with E-state index in [0.29, 0.717) is 5.75 Å². The molecular formula is C25H29NO4S. The number of carboxylic acid groups (broad SMARTS) is 1. The summed E-state index contributed by atoms with van der Waals surface area (Å²) < 4.78 is 5.46. The first-order chi connectivity index (χ1) is 15.1. The number of carbonyl (C=O) groups is 2. The van der Waals surface area contributed by atoms with Gasteiger partial charge in [-0.1, -0.05) is 61.0 Å². The van der Waals surface area contributed by atoms with Crippen molar-refractivity contribution in [2.45, 2.75) is 37.6 Å². The van der Waals surface area contributed by atoms with Crippen molar-refractivity contribution >= 4 is 23.8 Å². The van der Waals surface area contributed by atoms with Crippen LogP contribution in [0.4, 0.5) is 4.79 Å². The van der Waals surface area contributed by atoms with Gasteiger partial charge in [-0.3, -0.25) is 0 Å². The Labute approximate surface area is 187 Å². The first-order valence-electron chi connectivity index (χ1n) is 10.6. The van der Waals surface area contributed by atoms with E-state index in [0.717, 1.165) is 53.7 Å². The van der Waals surface area contributed by atoms with E-state index in [1.165, 1.54) is 11.8 Å². The average molecular weight is 440 g/mol. The fourth-order valence-electron chi connectivity index (χ4n) is 3.83.